The second-order valence-corrected chi connectivity index (χ2v) is 8.25. The fourth-order valence-corrected chi connectivity index (χ4v) is 3.91. The van der Waals surface area contributed by atoms with E-state index in [4.69, 9.17) is 23.8 Å². The maximum atomic E-state index is 12.7. The van der Waals surface area contributed by atoms with E-state index in [1.807, 2.05) is 26.1 Å². The molecule has 0 aliphatic carbocycles. The van der Waals surface area contributed by atoms with Crippen molar-refractivity contribution in [2.24, 2.45) is 0 Å². The molecule has 7 heteroatoms. The Bertz CT molecular complexity index is 978. The Morgan fingerprint density at radius 1 is 1.32 bits per heavy atom. The molecule has 1 saturated heterocycles. The second kappa shape index (κ2) is 7.18. The number of anilines is 1. The molecule has 2 heterocycles. The highest BCUT2D eigenvalue weighted by Crippen LogP contribution is 2.41. The molecule has 1 aromatic rings. The van der Waals surface area contributed by atoms with Crippen molar-refractivity contribution in [3.8, 4) is 0 Å². The van der Waals surface area contributed by atoms with E-state index in [0.29, 0.717) is 10.6 Å². The number of amides is 2. The van der Waals surface area contributed by atoms with Crippen LogP contribution in [0, 0.1) is 0 Å². The number of carbonyl (C=O) groups is 2. The number of thiocarbonyl (C=S) groups is 1. The van der Waals surface area contributed by atoms with E-state index < -0.39 is 11.8 Å². The predicted octanol–water partition coefficient (Wildman–Crippen LogP) is 3.78. The average molecular weight is 416 g/mol. The van der Waals surface area contributed by atoms with Crippen LogP contribution in [0.25, 0.3) is 11.6 Å². The van der Waals surface area contributed by atoms with Crippen LogP contribution in [0.15, 0.2) is 36.4 Å². The molecular formula is C21H22ClN3O2S. The predicted molar refractivity (Wildman–Crippen MR) is 118 cm³/mol. The van der Waals surface area contributed by atoms with Crippen molar-refractivity contribution in [2.75, 3.05) is 18.5 Å². The summed E-state index contributed by atoms with van der Waals surface area (Å²) < 4.78 is 0. The van der Waals surface area contributed by atoms with Gasteiger partial charge in [0, 0.05) is 29.9 Å². The standard InChI is InChI=1S/C21H22ClN3O2S/c1-6-7-25-19(27)15(18(26)23-20(25)28)9-13-8-14-12(2)11-21(3,4)24(5)17(14)10-16(13)22/h6,8-11H,1,7H2,2-5H3,(H,23,26,28)/b15-9+. The molecule has 146 valence electrons. The first-order valence-electron chi connectivity index (χ1n) is 8.84. The molecule has 2 aliphatic heterocycles. The summed E-state index contributed by atoms with van der Waals surface area (Å²) >= 11 is 11.6. The molecule has 0 radical (unpaired) electrons. The zero-order valence-electron chi connectivity index (χ0n) is 16.3. The van der Waals surface area contributed by atoms with Crippen LogP contribution >= 0.6 is 23.8 Å². The molecular weight excluding hydrogens is 394 g/mol. The van der Waals surface area contributed by atoms with E-state index >= 15 is 0 Å². The molecule has 0 saturated carbocycles. The maximum Gasteiger partial charge on any atom is 0.265 e. The van der Waals surface area contributed by atoms with Crippen molar-refractivity contribution in [2.45, 2.75) is 26.3 Å². The number of allylic oxidation sites excluding steroid dienone is 1. The van der Waals surface area contributed by atoms with Gasteiger partial charge in [0.1, 0.15) is 5.57 Å². The number of hydrogen-bond acceptors (Lipinski definition) is 4. The monoisotopic (exact) mass is 415 g/mol. The quantitative estimate of drug-likeness (QED) is 0.353. The number of hydrogen-bond donors (Lipinski definition) is 1. The molecule has 0 atom stereocenters. The first-order valence-corrected chi connectivity index (χ1v) is 9.62. The maximum absolute atomic E-state index is 12.7. The summed E-state index contributed by atoms with van der Waals surface area (Å²) in [7, 11) is 2.02. The number of benzene rings is 1. The van der Waals surface area contributed by atoms with Gasteiger partial charge in [-0.1, -0.05) is 23.8 Å². The van der Waals surface area contributed by atoms with Crippen LogP contribution in [0.1, 0.15) is 31.9 Å². The van der Waals surface area contributed by atoms with Gasteiger partial charge < -0.3 is 4.90 Å². The number of halogens is 1. The number of nitrogens with one attached hydrogen (secondary N) is 1. The third-order valence-corrected chi connectivity index (χ3v) is 5.78. The third-order valence-electron chi connectivity index (χ3n) is 5.13. The molecule has 0 bridgehead atoms. The highest BCUT2D eigenvalue weighted by molar-refractivity contribution is 7.80. The molecule has 2 aliphatic rings. The summed E-state index contributed by atoms with van der Waals surface area (Å²) in [5.74, 6) is -0.998. The number of rotatable bonds is 3. The topological polar surface area (TPSA) is 52.7 Å². The van der Waals surface area contributed by atoms with Gasteiger partial charge in [-0.15, -0.1) is 6.58 Å². The van der Waals surface area contributed by atoms with Crippen molar-refractivity contribution in [1.29, 1.82) is 0 Å². The zero-order valence-corrected chi connectivity index (χ0v) is 17.9. The lowest BCUT2D eigenvalue weighted by Gasteiger charge is -2.40. The zero-order chi connectivity index (χ0) is 20.8. The van der Waals surface area contributed by atoms with Crippen molar-refractivity contribution in [3.05, 3.63) is 52.6 Å². The molecule has 1 N–H and O–H groups in total. The van der Waals surface area contributed by atoms with Gasteiger partial charge in [0.15, 0.2) is 5.11 Å². The Morgan fingerprint density at radius 2 is 2.00 bits per heavy atom. The van der Waals surface area contributed by atoms with Crippen molar-refractivity contribution < 1.29 is 9.59 Å². The van der Waals surface area contributed by atoms with Gasteiger partial charge in [-0.2, -0.15) is 0 Å². The van der Waals surface area contributed by atoms with Crippen LogP contribution < -0.4 is 10.2 Å². The summed E-state index contributed by atoms with van der Waals surface area (Å²) in [6.45, 7) is 10.1. The molecule has 5 nitrogen and oxygen atoms in total. The number of fused-ring (bicyclic) bond motifs is 1. The Hall–Kier alpha value is -2.44. The third kappa shape index (κ3) is 3.38. The summed E-state index contributed by atoms with van der Waals surface area (Å²) in [5, 5.41) is 3.08. The second-order valence-electron chi connectivity index (χ2n) is 7.45. The van der Waals surface area contributed by atoms with Crippen LogP contribution in [0.4, 0.5) is 5.69 Å². The van der Waals surface area contributed by atoms with Crippen molar-refractivity contribution >= 4 is 58.1 Å². The first kappa shape index (κ1) is 20.3. The van der Waals surface area contributed by atoms with E-state index in [9.17, 15) is 9.59 Å². The minimum absolute atomic E-state index is 0.0107. The van der Waals surface area contributed by atoms with Crippen LogP contribution in [-0.4, -0.2) is 41.0 Å². The van der Waals surface area contributed by atoms with Crippen LogP contribution in [0.5, 0.6) is 0 Å². The lowest BCUT2D eigenvalue weighted by molar-refractivity contribution is -0.128. The van der Waals surface area contributed by atoms with E-state index in [-0.39, 0.29) is 22.8 Å². The normalized spacial score (nSPS) is 20.1. The van der Waals surface area contributed by atoms with Gasteiger partial charge in [-0.05, 0) is 62.3 Å². The van der Waals surface area contributed by atoms with Gasteiger partial charge in [-0.25, -0.2) is 0 Å². The van der Waals surface area contributed by atoms with Crippen LogP contribution in [-0.2, 0) is 9.59 Å². The summed E-state index contributed by atoms with van der Waals surface area (Å²) in [6, 6.07) is 3.78. The van der Waals surface area contributed by atoms with Gasteiger partial charge in [0.2, 0.25) is 0 Å². The lowest BCUT2D eigenvalue weighted by Crippen LogP contribution is -2.53. The molecule has 0 unspecified atom stereocenters. The Balaban J connectivity index is 2.09. The van der Waals surface area contributed by atoms with Crippen LogP contribution in [0.3, 0.4) is 0 Å². The molecule has 28 heavy (non-hydrogen) atoms. The average Bonchev–Trinajstić information content (AvgIpc) is 2.60. The Morgan fingerprint density at radius 3 is 2.64 bits per heavy atom. The molecule has 0 aromatic heterocycles. The molecule has 1 fully saturated rings. The molecule has 3 rings (SSSR count). The van der Waals surface area contributed by atoms with E-state index in [1.54, 1.807) is 6.08 Å². The van der Waals surface area contributed by atoms with Gasteiger partial charge in [-0.3, -0.25) is 19.8 Å². The van der Waals surface area contributed by atoms with Crippen LogP contribution in [0.2, 0.25) is 5.02 Å². The van der Waals surface area contributed by atoms with E-state index in [1.165, 1.54) is 11.0 Å². The number of carbonyl (C=O) groups excluding carboxylic acids is 2. The fraction of sp³-hybridized carbons (Fsp3) is 0.286. The minimum atomic E-state index is -0.533. The highest BCUT2D eigenvalue weighted by atomic mass is 35.5. The molecule has 0 spiro atoms. The van der Waals surface area contributed by atoms with Gasteiger partial charge in [0.05, 0.1) is 5.54 Å². The molecule has 2 amide bonds. The van der Waals surface area contributed by atoms with Gasteiger partial charge >= 0.3 is 0 Å². The Kier molecular flexibility index (Phi) is 5.21. The van der Waals surface area contributed by atoms with Crippen molar-refractivity contribution in [3.63, 3.8) is 0 Å². The van der Waals surface area contributed by atoms with Gasteiger partial charge in [0.25, 0.3) is 11.8 Å². The van der Waals surface area contributed by atoms with E-state index in [2.05, 4.69) is 36.7 Å². The summed E-state index contributed by atoms with van der Waals surface area (Å²) in [4.78, 5) is 28.6. The summed E-state index contributed by atoms with van der Waals surface area (Å²) in [5.41, 5.74) is 3.59. The largest absolute Gasteiger partial charge is 0.365 e. The Labute approximate surface area is 175 Å². The fourth-order valence-electron chi connectivity index (χ4n) is 3.44. The molecule has 1 aromatic carbocycles. The minimum Gasteiger partial charge on any atom is -0.365 e. The SMILES string of the molecule is C=CCN1C(=O)/C(=C/c2cc3c(cc2Cl)N(C)C(C)(C)C=C3C)C(=O)NC1=S. The highest BCUT2D eigenvalue weighted by Gasteiger charge is 2.33. The first-order chi connectivity index (χ1) is 13.1. The van der Waals surface area contributed by atoms with E-state index in [0.717, 1.165) is 16.8 Å². The smallest absolute Gasteiger partial charge is 0.265 e. The summed E-state index contributed by atoms with van der Waals surface area (Å²) in [6.07, 6.45) is 5.25. The number of likely N-dealkylation sites (N-methyl/N-ethyl adjacent to an activating group) is 1. The van der Waals surface area contributed by atoms with Crippen molar-refractivity contribution in [1.82, 2.24) is 10.2 Å². The number of nitrogens with zero attached hydrogens (tertiary/aromatic N) is 2. The lowest BCUT2D eigenvalue weighted by atomic mass is 9.88.